The van der Waals surface area contributed by atoms with Crippen LogP contribution < -0.4 is 0 Å². The quantitative estimate of drug-likeness (QED) is 0.629. The fourth-order valence-corrected chi connectivity index (χ4v) is 1.83. The fraction of sp³-hybridized carbons (Fsp3) is 0.625. The lowest BCUT2D eigenvalue weighted by molar-refractivity contribution is -0.115. The number of carbonyl (C=O) groups is 2. The van der Waals surface area contributed by atoms with Crippen molar-refractivity contribution in [1.82, 2.24) is 0 Å². The van der Waals surface area contributed by atoms with Crippen molar-refractivity contribution in [2.24, 2.45) is 0 Å². The van der Waals surface area contributed by atoms with Gasteiger partial charge in [-0.3, -0.25) is 9.59 Å². The van der Waals surface area contributed by atoms with Crippen molar-refractivity contribution in [2.75, 3.05) is 0 Å². The molecule has 0 aromatic heterocycles. The average molecular weight is 252 g/mol. The molecule has 2 rings (SSSR count). The van der Waals surface area contributed by atoms with Gasteiger partial charge in [0.1, 0.15) is 0 Å². The SMILES string of the molecule is C.C.CC1=C(C)C(=O)CC1.CC1=C(C)C(=O)CC1. The summed E-state index contributed by atoms with van der Waals surface area (Å²) in [5.41, 5.74) is 4.53. The highest BCUT2D eigenvalue weighted by molar-refractivity contribution is 5.98. The molecule has 104 valence electrons. The summed E-state index contributed by atoms with van der Waals surface area (Å²) in [6.45, 7) is 7.87. The second kappa shape index (κ2) is 8.02. The molecule has 18 heavy (non-hydrogen) atoms. The van der Waals surface area contributed by atoms with Crippen LogP contribution >= 0.6 is 0 Å². The van der Waals surface area contributed by atoms with E-state index in [1.54, 1.807) is 0 Å². The van der Waals surface area contributed by atoms with Crippen LogP contribution in [-0.4, -0.2) is 11.6 Å². The Labute approximate surface area is 112 Å². The first-order valence-corrected chi connectivity index (χ1v) is 5.82. The molecule has 0 saturated carbocycles. The molecule has 0 bridgehead atoms. The van der Waals surface area contributed by atoms with E-state index in [1.165, 1.54) is 11.1 Å². The Morgan fingerprint density at radius 1 is 0.611 bits per heavy atom. The van der Waals surface area contributed by atoms with E-state index in [-0.39, 0.29) is 14.9 Å². The zero-order valence-electron chi connectivity index (χ0n) is 10.6. The van der Waals surface area contributed by atoms with Crippen molar-refractivity contribution in [3.8, 4) is 0 Å². The number of carbonyl (C=O) groups excluding carboxylic acids is 2. The number of hydrogen-bond acceptors (Lipinski definition) is 2. The summed E-state index contributed by atoms with van der Waals surface area (Å²) in [6.07, 6.45) is 3.48. The van der Waals surface area contributed by atoms with Crippen molar-refractivity contribution >= 4 is 11.6 Å². The van der Waals surface area contributed by atoms with Crippen LogP contribution in [0.3, 0.4) is 0 Å². The lowest BCUT2D eigenvalue weighted by atomic mass is 10.2. The van der Waals surface area contributed by atoms with Gasteiger partial charge in [0.15, 0.2) is 11.6 Å². The molecule has 0 aliphatic heterocycles. The summed E-state index contributed by atoms with van der Waals surface area (Å²) in [5, 5.41) is 0. The molecule has 2 nitrogen and oxygen atoms in total. The smallest absolute Gasteiger partial charge is 0.158 e. The van der Waals surface area contributed by atoms with Gasteiger partial charge in [-0.05, 0) is 51.7 Å². The van der Waals surface area contributed by atoms with Gasteiger partial charge in [-0.15, -0.1) is 0 Å². The van der Waals surface area contributed by atoms with Crippen LogP contribution in [0.15, 0.2) is 22.3 Å². The fourth-order valence-electron chi connectivity index (χ4n) is 1.83. The molecular formula is C16H28O2. The maximum atomic E-state index is 10.7. The highest BCUT2D eigenvalue weighted by Gasteiger charge is 2.15. The summed E-state index contributed by atoms with van der Waals surface area (Å²) in [6, 6.07) is 0. The molecule has 0 heterocycles. The highest BCUT2D eigenvalue weighted by Crippen LogP contribution is 2.21. The Bertz CT molecular complexity index is 346. The minimum Gasteiger partial charge on any atom is -0.295 e. The van der Waals surface area contributed by atoms with Gasteiger partial charge in [-0.25, -0.2) is 0 Å². The molecule has 0 N–H and O–H groups in total. The van der Waals surface area contributed by atoms with Crippen molar-refractivity contribution in [3.05, 3.63) is 22.3 Å². The van der Waals surface area contributed by atoms with Crippen molar-refractivity contribution in [3.63, 3.8) is 0 Å². The Kier molecular flexibility index (Phi) is 8.54. The minimum atomic E-state index is 0. The number of hydrogen-bond donors (Lipinski definition) is 0. The standard InChI is InChI=1S/2C7H10O.2CH4/c2*1-5-3-4-7(8)6(5)2;;/h2*3-4H2,1-2H3;2*1H4. The predicted octanol–water partition coefficient (Wildman–Crippen LogP) is 4.64. The molecule has 2 aliphatic carbocycles. The first-order chi connectivity index (χ1) is 7.43. The molecular weight excluding hydrogens is 224 g/mol. The molecule has 0 aromatic carbocycles. The van der Waals surface area contributed by atoms with E-state index in [0.29, 0.717) is 11.6 Å². The molecule has 0 spiro atoms. The Hall–Kier alpha value is -1.18. The molecule has 0 saturated heterocycles. The van der Waals surface area contributed by atoms with Crippen LogP contribution in [0.1, 0.15) is 68.2 Å². The molecule has 2 aliphatic rings. The first-order valence-electron chi connectivity index (χ1n) is 5.82. The topological polar surface area (TPSA) is 34.1 Å². The van der Waals surface area contributed by atoms with E-state index >= 15 is 0 Å². The van der Waals surface area contributed by atoms with E-state index in [2.05, 4.69) is 0 Å². The van der Waals surface area contributed by atoms with Gasteiger partial charge in [0.05, 0.1) is 0 Å². The van der Waals surface area contributed by atoms with E-state index in [9.17, 15) is 9.59 Å². The number of allylic oxidation sites excluding steroid dienone is 4. The number of rotatable bonds is 0. The second-order valence-corrected chi connectivity index (χ2v) is 4.66. The second-order valence-electron chi connectivity index (χ2n) is 4.66. The zero-order chi connectivity index (χ0) is 12.3. The van der Waals surface area contributed by atoms with Crippen molar-refractivity contribution < 1.29 is 9.59 Å². The molecule has 0 unspecified atom stereocenters. The lowest BCUT2D eigenvalue weighted by Crippen LogP contribution is -1.89. The van der Waals surface area contributed by atoms with Gasteiger partial charge in [0.2, 0.25) is 0 Å². The van der Waals surface area contributed by atoms with Gasteiger partial charge < -0.3 is 0 Å². The minimum absolute atomic E-state index is 0. The summed E-state index contributed by atoms with van der Waals surface area (Å²) in [5.74, 6) is 0.671. The normalized spacial score (nSPS) is 18.2. The van der Waals surface area contributed by atoms with E-state index < -0.39 is 0 Å². The Morgan fingerprint density at radius 2 is 0.889 bits per heavy atom. The molecule has 2 heteroatoms. The summed E-state index contributed by atoms with van der Waals surface area (Å²) in [7, 11) is 0. The van der Waals surface area contributed by atoms with E-state index in [1.807, 2.05) is 27.7 Å². The van der Waals surface area contributed by atoms with Crippen molar-refractivity contribution in [2.45, 2.75) is 68.2 Å². The monoisotopic (exact) mass is 252 g/mol. The Balaban J connectivity index is 0. The van der Waals surface area contributed by atoms with E-state index in [4.69, 9.17) is 0 Å². The molecule has 0 fully saturated rings. The molecule has 0 amide bonds. The van der Waals surface area contributed by atoms with Gasteiger partial charge in [-0.2, -0.15) is 0 Å². The number of ketones is 2. The van der Waals surface area contributed by atoms with Crippen LogP contribution in [0.2, 0.25) is 0 Å². The number of Topliss-reactive ketones (excluding diaryl/α,β-unsaturated/α-hetero) is 2. The van der Waals surface area contributed by atoms with Gasteiger partial charge >= 0.3 is 0 Å². The van der Waals surface area contributed by atoms with Gasteiger partial charge in [0, 0.05) is 12.8 Å². The average Bonchev–Trinajstić information content (AvgIpc) is 2.70. The third-order valence-electron chi connectivity index (χ3n) is 3.57. The maximum absolute atomic E-state index is 10.7. The lowest BCUT2D eigenvalue weighted by Gasteiger charge is -1.86. The highest BCUT2D eigenvalue weighted by atomic mass is 16.1. The largest absolute Gasteiger partial charge is 0.295 e. The van der Waals surface area contributed by atoms with Crippen LogP contribution in [0, 0.1) is 0 Å². The zero-order valence-corrected chi connectivity index (χ0v) is 10.6. The van der Waals surface area contributed by atoms with Gasteiger partial charge in [-0.1, -0.05) is 26.0 Å². The third-order valence-corrected chi connectivity index (χ3v) is 3.57. The van der Waals surface area contributed by atoms with Crippen LogP contribution in [0.5, 0.6) is 0 Å². The molecule has 0 atom stereocenters. The van der Waals surface area contributed by atoms with E-state index in [0.717, 1.165) is 36.8 Å². The summed E-state index contributed by atoms with van der Waals surface area (Å²) in [4.78, 5) is 21.5. The molecule has 0 aromatic rings. The third kappa shape index (κ3) is 4.59. The maximum Gasteiger partial charge on any atom is 0.158 e. The first kappa shape index (κ1) is 19.2. The predicted molar refractivity (Wildman–Crippen MR) is 78.7 cm³/mol. The van der Waals surface area contributed by atoms with Crippen LogP contribution in [-0.2, 0) is 9.59 Å². The van der Waals surface area contributed by atoms with Gasteiger partial charge in [0.25, 0.3) is 0 Å². The Morgan fingerprint density at radius 3 is 0.944 bits per heavy atom. The van der Waals surface area contributed by atoms with Crippen molar-refractivity contribution in [1.29, 1.82) is 0 Å². The van der Waals surface area contributed by atoms with Crippen LogP contribution in [0.25, 0.3) is 0 Å². The summed E-state index contributed by atoms with van der Waals surface area (Å²) >= 11 is 0. The summed E-state index contributed by atoms with van der Waals surface area (Å²) < 4.78 is 0. The van der Waals surface area contributed by atoms with Crippen LogP contribution in [0.4, 0.5) is 0 Å². The molecule has 0 radical (unpaired) electrons.